The van der Waals surface area contributed by atoms with E-state index in [9.17, 15) is 4.79 Å². The summed E-state index contributed by atoms with van der Waals surface area (Å²) < 4.78 is 0. The van der Waals surface area contributed by atoms with Gasteiger partial charge in [-0.05, 0) is 37.5 Å². The first-order chi connectivity index (χ1) is 5.99. The lowest BCUT2D eigenvalue weighted by atomic mass is 9.85. The fourth-order valence-electron chi connectivity index (χ4n) is 1.86. The number of carbonyl (C=O) groups is 1. The van der Waals surface area contributed by atoms with Crippen LogP contribution in [-0.2, 0) is 4.79 Å². The van der Waals surface area contributed by atoms with Crippen molar-refractivity contribution in [3.8, 4) is 0 Å². The molecule has 0 heterocycles. The average Bonchev–Trinajstić information content (AvgIpc) is 2.12. The Morgan fingerprint density at radius 3 is 2.69 bits per heavy atom. The molecule has 2 heteroatoms. The van der Waals surface area contributed by atoms with E-state index in [1.165, 1.54) is 12.5 Å². The van der Waals surface area contributed by atoms with E-state index in [1.807, 2.05) is 0 Å². The third kappa shape index (κ3) is 3.62. The van der Waals surface area contributed by atoms with E-state index in [-0.39, 0.29) is 0 Å². The van der Waals surface area contributed by atoms with Crippen molar-refractivity contribution in [2.45, 2.75) is 46.0 Å². The third-order valence-electron chi connectivity index (χ3n) is 2.80. The van der Waals surface area contributed by atoms with Crippen molar-refractivity contribution in [3.63, 3.8) is 0 Å². The third-order valence-corrected chi connectivity index (χ3v) is 2.80. The zero-order valence-electron chi connectivity index (χ0n) is 8.47. The highest BCUT2D eigenvalue weighted by Crippen LogP contribution is 2.35. The van der Waals surface area contributed by atoms with Crippen LogP contribution in [0.5, 0.6) is 0 Å². The van der Waals surface area contributed by atoms with Gasteiger partial charge < -0.3 is 5.11 Å². The monoisotopic (exact) mass is 182 g/mol. The van der Waals surface area contributed by atoms with Gasteiger partial charge in [-0.15, -0.1) is 0 Å². The van der Waals surface area contributed by atoms with Crippen LogP contribution in [0.4, 0.5) is 0 Å². The molecule has 74 valence electrons. The highest BCUT2D eigenvalue weighted by atomic mass is 16.4. The molecule has 0 atom stereocenters. The summed E-state index contributed by atoms with van der Waals surface area (Å²) in [6, 6.07) is 0. The number of rotatable bonds is 1. The van der Waals surface area contributed by atoms with Crippen molar-refractivity contribution in [1.29, 1.82) is 0 Å². The molecule has 1 aliphatic carbocycles. The van der Waals surface area contributed by atoms with Gasteiger partial charge >= 0.3 is 5.97 Å². The SMILES string of the molecule is CC1(C)CCCC(=CC(=O)O)CC1. The van der Waals surface area contributed by atoms with Gasteiger partial charge in [-0.1, -0.05) is 19.4 Å². The predicted octanol–water partition coefficient (Wildman–Crippen LogP) is 2.99. The summed E-state index contributed by atoms with van der Waals surface area (Å²) in [5, 5.41) is 8.61. The van der Waals surface area contributed by atoms with Crippen molar-refractivity contribution in [1.82, 2.24) is 0 Å². The summed E-state index contributed by atoms with van der Waals surface area (Å²) in [6.07, 6.45) is 6.78. The minimum atomic E-state index is -0.797. The molecule has 0 aromatic heterocycles. The highest BCUT2D eigenvalue weighted by molar-refractivity contribution is 5.80. The molecule has 1 N–H and O–H groups in total. The highest BCUT2D eigenvalue weighted by Gasteiger charge is 2.21. The second-order valence-corrected chi connectivity index (χ2v) is 4.66. The lowest BCUT2D eigenvalue weighted by Crippen LogP contribution is -2.08. The van der Waals surface area contributed by atoms with E-state index < -0.39 is 5.97 Å². The Kier molecular flexibility index (Phi) is 3.12. The van der Waals surface area contributed by atoms with Crippen molar-refractivity contribution in [3.05, 3.63) is 11.6 Å². The van der Waals surface area contributed by atoms with E-state index in [4.69, 9.17) is 5.11 Å². The zero-order chi connectivity index (χ0) is 9.90. The van der Waals surface area contributed by atoms with Gasteiger partial charge in [0, 0.05) is 6.08 Å². The normalized spacial score (nSPS) is 25.5. The van der Waals surface area contributed by atoms with Gasteiger partial charge in [-0.2, -0.15) is 0 Å². The number of aliphatic carboxylic acids is 1. The smallest absolute Gasteiger partial charge is 0.328 e. The quantitative estimate of drug-likeness (QED) is 0.500. The van der Waals surface area contributed by atoms with Crippen molar-refractivity contribution in [2.75, 3.05) is 0 Å². The van der Waals surface area contributed by atoms with Gasteiger partial charge in [0.2, 0.25) is 0 Å². The maximum Gasteiger partial charge on any atom is 0.328 e. The van der Waals surface area contributed by atoms with E-state index in [0.29, 0.717) is 5.41 Å². The minimum absolute atomic E-state index is 0.397. The Balaban J connectivity index is 2.59. The maximum absolute atomic E-state index is 10.5. The van der Waals surface area contributed by atoms with Crippen molar-refractivity contribution in [2.24, 2.45) is 5.41 Å². The van der Waals surface area contributed by atoms with Crippen LogP contribution >= 0.6 is 0 Å². The molecule has 0 radical (unpaired) electrons. The molecule has 0 unspecified atom stereocenters. The van der Waals surface area contributed by atoms with E-state index in [2.05, 4.69) is 13.8 Å². The van der Waals surface area contributed by atoms with Crippen LogP contribution in [0.3, 0.4) is 0 Å². The molecule has 2 nitrogen and oxygen atoms in total. The second-order valence-electron chi connectivity index (χ2n) is 4.66. The van der Waals surface area contributed by atoms with Gasteiger partial charge in [0.15, 0.2) is 0 Å². The fraction of sp³-hybridized carbons (Fsp3) is 0.727. The predicted molar refractivity (Wildman–Crippen MR) is 52.6 cm³/mol. The fourth-order valence-corrected chi connectivity index (χ4v) is 1.86. The Bertz CT molecular complexity index is 226. The standard InChI is InChI=1S/C11H18O2/c1-11(2)6-3-4-9(5-7-11)8-10(12)13/h8H,3-7H2,1-2H3,(H,12,13). The molecule has 0 bridgehead atoms. The first kappa shape index (κ1) is 10.3. The summed E-state index contributed by atoms with van der Waals surface area (Å²) in [4.78, 5) is 10.5. The van der Waals surface area contributed by atoms with Crippen molar-refractivity contribution >= 4 is 5.97 Å². The number of carboxylic acid groups (broad SMARTS) is 1. The molecule has 0 aromatic carbocycles. The van der Waals surface area contributed by atoms with Crippen LogP contribution < -0.4 is 0 Å². The summed E-state index contributed by atoms with van der Waals surface area (Å²) in [6.45, 7) is 4.52. The summed E-state index contributed by atoms with van der Waals surface area (Å²) in [7, 11) is 0. The number of hydrogen-bond acceptors (Lipinski definition) is 1. The molecule has 0 spiro atoms. The topological polar surface area (TPSA) is 37.3 Å². The summed E-state index contributed by atoms with van der Waals surface area (Å²) in [5.41, 5.74) is 1.51. The average molecular weight is 182 g/mol. The van der Waals surface area contributed by atoms with Crippen LogP contribution in [0.1, 0.15) is 46.0 Å². The number of hydrogen-bond donors (Lipinski definition) is 1. The largest absolute Gasteiger partial charge is 0.478 e. The van der Waals surface area contributed by atoms with Crippen molar-refractivity contribution < 1.29 is 9.90 Å². The molecule has 0 aliphatic heterocycles. The molecule has 0 amide bonds. The molecule has 0 saturated heterocycles. The number of allylic oxidation sites excluding steroid dienone is 1. The van der Waals surface area contributed by atoms with Gasteiger partial charge in [0.05, 0.1) is 0 Å². The molecular weight excluding hydrogens is 164 g/mol. The van der Waals surface area contributed by atoms with Gasteiger partial charge in [-0.3, -0.25) is 0 Å². The molecule has 1 fully saturated rings. The first-order valence-corrected chi connectivity index (χ1v) is 4.92. The molecule has 1 aliphatic rings. The Morgan fingerprint density at radius 1 is 1.38 bits per heavy atom. The summed E-state index contributed by atoms with van der Waals surface area (Å²) >= 11 is 0. The lowest BCUT2D eigenvalue weighted by molar-refractivity contribution is -0.131. The maximum atomic E-state index is 10.5. The van der Waals surface area contributed by atoms with Crippen LogP contribution in [0, 0.1) is 5.41 Å². The van der Waals surface area contributed by atoms with E-state index >= 15 is 0 Å². The van der Waals surface area contributed by atoms with Crippen LogP contribution in [-0.4, -0.2) is 11.1 Å². The van der Waals surface area contributed by atoms with Gasteiger partial charge in [0.25, 0.3) is 0 Å². The second kappa shape index (κ2) is 3.95. The van der Waals surface area contributed by atoms with E-state index in [1.54, 1.807) is 0 Å². The molecule has 0 aromatic rings. The molecular formula is C11H18O2. The lowest BCUT2D eigenvalue weighted by Gasteiger charge is -2.21. The van der Waals surface area contributed by atoms with Crippen LogP contribution in [0.2, 0.25) is 0 Å². The van der Waals surface area contributed by atoms with Gasteiger partial charge in [-0.25, -0.2) is 4.79 Å². The minimum Gasteiger partial charge on any atom is -0.478 e. The first-order valence-electron chi connectivity index (χ1n) is 4.92. The molecule has 1 saturated carbocycles. The molecule has 1 rings (SSSR count). The van der Waals surface area contributed by atoms with Gasteiger partial charge in [0.1, 0.15) is 0 Å². The Labute approximate surface area is 79.6 Å². The Hall–Kier alpha value is -0.790. The van der Waals surface area contributed by atoms with Crippen LogP contribution in [0.15, 0.2) is 11.6 Å². The molecule has 13 heavy (non-hydrogen) atoms. The zero-order valence-corrected chi connectivity index (χ0v) is 8.47. The van der Waals surface area contributed by atoms with Crippen LogP contribution in [0.25, 0.3) is 0 Å². The summed E-state index contributed by atoms with van der Waals surface area (Å²) in [5.74, 6) is -0.797. The Morgan fingerprint density at radius 2 is 2.08 bits per heavy atom. The number of carboxylic acids is 1. The van der Waals surface area contributed by atoms with E-state index in [0.717, 1.165) is 31.3 Å².